The first-order chi connectivity index (χ1) is 4.38. The standard InChI is InChI=1S/C5H12N4/c1-3-9-4-7-8-5(9)6-2/h7H,3-4H2,1-2H3,(H,6,8). The van der Waals surface area contributed by atoms with E-state index in [0.717, 1.165) is 19.2 Å². The SMILES string of the molecule is CCN1CNNC1=NC. The Hall–Kier alpha value is -0.770. The molecule has 0 unspecified atom stereocenters. The van der Waals surface area contributed by atoms with E-state index in [1.807, 2.05) is 0 Å². The smallest absolute Gasteiger partial charge is 0.209 e. The van der Waals surface area contributed by atoms with E-state index in [-0.39, 0.29) is 0 Å². The molecule has 1 aliphatic heterocycles. The van der Waals surface area contributed by atoms with Gasteiger partial charge in [0.05, 0.1) is 6.67 Å². The van der Waals surface area contributed by atoms with E-state index in [2.05, 4.69) is 27.7 Å². The minimum absolute atomic E-state index is 0.850. The van der Waals surface area contributed by atoms with Gasteiger partial charge in [0, 0.05) is 13.6 Å². The molecule has 0 aliphatic carbocycles. The quantitative estimate of drug-likeness (QED) is 0.493. The van der Waals surface area contributed by atoms with Crippen LogP contribution in [0.25, 0.3) is 0 Å². The van der Waals surface area contributed by atoms with Crippen LogP contribution in [0.3, 0.4) is 0 Å². The Morgan fingerprint density at radius 2 is 2.56 bits per heavy atom. The van der Waals surface area contributed by atoms with Gasteiger partial charge in [0.2, 0.25) is 5.96 Å². The molecule has 1 rings (SSSR count). The molecule has 0 radical (unpaired) electrons. The van der Waals surface area contributed by atoms with Crippen molar-refractivity contribution in [2.24, 2.45) is 4.99 Å². The first kappa shape index (κ1) is 6.35. The Bertz CT molecular complexity index is 120. The van der Waals surface area contributed by atoms with Gasteiger partial charge in [-0.25, -0.2) is 5.43 Å². The second kappa shape index (κ2) is 2.68. The number of hydrogen-bond acceptors (Lipinski definition) is 2. The Morgan fingerprint density at radius 3 is 3.00 bits per heavy atom. The molecule has 4 heteroatoms. The fourth-order valence-electron chi connectivity index (χ4n) is 0.827. The third-order valence-electron chi connectivity index (χ3n) is 1.36. The molecule has 1 saturated heterocycles. The molecule has 1 aliphatic rings. The molecule has 52 valence electrons. The molecule has 0 aromatic carbocycles. The highest BCUT2D eigenvalue weighted by molar-refractivity contribution is 5.80. The predicted molar refractivity (Wildman–Crippen MR) is 36.9 cm³/mol. The van der Waals surface area contributed by atoms with Gasteiger partial charge in [-0.2, -0.15) is 0 Å². The number of hydrogen-bond donors (Lipinski definition) is 2. The molecule has 0 spiro atoms. The summed E-state index contributed by atoms with van der Waals surface area (Å²) in [5.41, 5.74) is 5.90. The molecule has 0 saturated carbocycles. The zero-order valence-electron chi connectivity index (χ0n) is 5.81. The lowest BCUT2D eigenvalue weighted by Crippen LogP contribution is -2.30. The van der Waals surface area contributed by atoms with Crippen molar-refractivity contribution < 1.29 is 0 Å². The van der Waals surface area contributed by atoms with Gasteiger partial charge in [-0.05, 0) is 6.92 Å². The molecule has 1 fully saturated rings. The largest absolute Gasteiger partial charge is 0.328 e. The van der Waals surface area contributed by atoms with Crippen molar-refractivity contribution in [1.29, 1.82) is 0 Å². The van der Waals surface area contributed by atoms with Crippen LogP contribution in [0.5, 0.6) is 0 Å². The van der Waals surface area contributed by atoms with Crippen LogP contribution >= 0.6 is 0 Å². The molecule has 0 amide bonds. The molecule has 1 heterocycles. The van der Waals surface area contributed by atoms with Gasteiger partial charge < -0.3 is 4.90 Å². The maximum Gasteiger partial charge on any atom is 0.209 e. The van der Waals surface area contributed by atoms with Crippen LogP contribution in [-0.4, -0.2) is 31.1 Å². The van der Waals surface area contributed by atoms with Gasteiger partial charge in [-0.3, -0.25) is 10.4 Å². The van der Waals surface area contributed by atoms with Crippen LogP contribution in [0, 0.1) is 0 Å². The second-order valence-electron chi connectivity index (χ2n) is 1.86. The number of aliphatic imine (C=N–C) groups is 1. The molecule has 0 aromatic heterocycles. The van der Waals surface area contributed by atoms with E-state index < -0.39 is 0 Å². The molecule has 2 N–H and O–H groups in total. The van der Waals surface area contributed by atoms with Crippen LogP contribution in [0.2, 0.25) is 0 Å². The van der Waals surface area contributed by atoms with Crippen LogP contribution in [0.4, 0.5) is 0 Å². The summed E-state index contributed by atoms with van der Waals surface area (Å²) >= 11 is 0. The topological polar surface area (TPSA) is 39.7 Å². The molecule has 4 nitrogen and oxygen atoms in total. The fourth-order valence-corrected chi connectivity index (χ4v) is 0.827. The maximum atomic E-state index is 4.01. The summed E-state index contributed by atoms with van der Waals surface area (Å²) in [6.07, 6.45) is 0. The third kappa shape index (κ3) is 1.13. The van der Waals surface area contributed by atoms with Crippen LogP contribution in [0.15, 0.2) is 4.99 Å². The monoisotopic (exact) mass is 128 g/mol. The summed E-state index contributed by atoms with van der Waals surface area (Å²) in [6, 6.07) is 0. The van der Waals surface area contributed by atoms with Crippen molar-refractivity contribution in [2.75, 3.05) is 20.3 Å². The van der Waals surface area contributed by atoms with Crippen molar-refractivity contribution in [3.05, 3.63) is 0 Å². The van der Waals surface area contributed by atoms with Gasteiger partial charge in [0.1, 0.15) is 0 Å². The lowest BCUT2D eigenvalue weighted by atomic mass is 10.6. The molecule has 0 atom stereocenters. The zero-order chi connectivity index (χ0) is 6.69. The number of nitrogens with zero attached hydrogens (tertiary/aromatic N) is 2. The van der Waals surface area contributed by atoms with Gasteiger partial charge >= 0.3 is 0 Å². The van der Waals surface area contributed by atoms with Crippen LogP contribution < -0.4 is 10.9 Å². The van der Waals surface area contributed by atoms with Crippen molar-refractivity contribution in [1.82, 2.24) is 15.8 Å². The summed E-state index contributed by atoms with van der Waals surface area (Å²) in [7, 11) is 1.78. The lowest BCUT2D eigenvalue weighted by molar-refractivity contribution is 0.454. The highest BCUT2D eigenvalue weighted by atomic mass is 15.6. The summed E-state index contributed by atoms with van der Waals surface area (Å²) < 4.78 is 0. The minimum atomic E-state index is 0.850. The van der Waals surface area contributed by atoms with Crippen molar-refractivity contribution in [2.45, 2.75) is 6.92 Å². The van der Waals surface area contributed by atoms with Crippen LogP contribution in [-0.2, 0) is 0 Å². The minimum Gasteiger partial charge on any atom is -0.328 e. The van der Waals surface area contributed by atoms with Gasteiger partial charge in [-0.1, -0.05) is 0 Å². The van der Waals surface area contributed by atoms with Gasteiger partial charge in [-0.15, -0.1) is 0 Å². The first-order valence-electron chi connectivity index (χ1n) is 3.09. The van der Waals surface area contributed by atoms with E-state index in [1.54, 1.807) is 7.05 Å². The Kier molecular flexibility index (Phi) is 1.89. The van der Waals surface area contributed by atoms with E-state index in [9.17, 15) is 0 Å². The summed E-state index contributed by atoms with van der Waals surface area (Å²) in [5.74, 6) is 0.928. The summed E-state index contributed by atoms with van der Waals surface area (Å²) in [6.45, 7) is 3.94. The van der Waals surface area contributed by atoms with Crippen LogP contribution in [0.1, 0.15) is 6.92 Å². The normalized spacial score (nSPS) is 22.9. The molecule has 0 aromatic rings. The summed E-state index contributed by atoms with van der Waals surface area (Å²) in [5, 5.41) is 0. The Labute approximate surface area is 54.9 Å². The maximum absolute atomic E-state index is 4.01. The van der Waals surface area contributed by atoms with E-state index in [1.165, 1.54) is 0 Å². The highest BCUT2D eigenvalue weighted by Gasteiger charge is 2.12. The van der Waals surface area contributed by atoms with Gasteiger partial charge in [0.25, 0.3) is 0 Å². The Balaban J connectivity index is 2.52. The molecular weight excluding hydrogens is 116 g/mol. The highest BCUT2D eigenvalue weighted by Crippen LogP contribution is 1.90. The second-order valence-corrected chi connectivity index (χ2v) is 1.86. The number of rotatable bonds is 1. The first-order valence-corrected chi connectivity index (χ1v) is 3.09. The van der Waals surface area contributed by atoms with Crippen molar-refractivity contribution in [3.8, 4) is 0 Å². The average Bonchev–Trinajstić information content (AvgIpc) is 2.33. The third-order valence-corrected chi connectivity index (χ3v) is 1.36. The van der Waals surface area contributed by atoms with Crippen molar-refractivity contribution in [3.63, 3.8) is 0 Å². The average molecular weight is 128 g/mol. The zero-order valence-corrected chi connectivity index (χ0v) is 5.81. The van der Waals surface area contributed by atoms with Crippen molar-refractivity contribution >= 4 is 5.96 Å². The lowest BCUT2D eigenvalue weighted by Gasteiger charge is -2.11. The number of guanidine groups is 1. The van der Waals surface area contributed by atoms with E-state index in [4.69, 9.17) is 0 Å². The molecular formula is C5H12N4. The molecule has 9 heavy (non-hydrogen) atoms. The van der Waals surface area contributed by atoms with Gasteiger partial charge in [0.15, 0.2) is 0 Å². The number of nitrogens with one attached hydrogen (secondary N) is 2. The van der Waals surface area contributed by atoms with E-state index >= 15 is 0 Å². The predicted octanol–water partition coefficient (Wildman–Crippen LogP) is -0.641. The fraction of sp³-hybridized carbons (Fsp3) is 0.800. The number of hydrazine groups is 1. The summed E-state index contributed by atoms with van der Waals surface area (Å²) in [4.78, 5) is 6.12. The molecule has 0 bridgehead atoms. The Morgan fingerprint density at radius 1 is 1.78 bits per heavy atom. The van der Waals surface area contributed by atoms with E-state index in [0.29, 0.717) is 0 Å².